The van der Waals surface area contributed by atoms with Crippen molar-refractivity contribution in [3.63, 3.8) is 0 Å². The first kappa shape index (κ1) is 18.3. The molecule has 1 aromatic heterocycles. The number of aromatic nitrogens is 1. The molecular weight excluding hydrogens is 354 g/mol. The number of hydrogen-bond acceptors (Lipinski definition) is 3. The SMILES string of the molecule is Cc1cc(OC2CCN(C(=O)NCc3ccc(Cl)cc3)C2)cc(=O)n1C. The molecule has 1 atom stereocenters. The average Bonchev–Trinajstić information content (AvgIpc) is 3.07. The van der Waals surface area contributed by atoms with Crippen molar-refractivity contribution >= 4 is 17.6 Å². The van der Waals surface area contributed by atoms with Crippen LogP contribution in [-0.4, -0.2) is 34.7 Å². The average molecular weight is 376 g/mol. The van der Waals surface area contributed by atoms with Crippen LogP contribution in [0.1, 0.15) is 17.7 Å². The topological polar surface area (TPSA) is 63.6 Å². The minimum atomic E-state index is -0.119. The molecule has 1 unspecified atom stereocenters. The number of nitrogens with zero attached hydrogens (tertiary/aromatic N) is 2. The summed E-state index contributed by atoms with van der Waals surface area (Å²) in [6.07, 6.45) is 0.630. The van der Waals surface area contributed by atoms with E-state index < -0.39 is 0 Å². The monoisotopic (exact) mass is 375 g/mol. The van der Waals surface area contributed by atoms with Crippen molar-refractivity contribution in [3.8, 4) is 5.75 Å². The summed E-state index contributed by atoms with van der Waals surface area (Å²) in [6.45, 7) is 3.44. The molecular formula is C19H22ClN3O3. The quantitative estimate of drug-likeness (QED) is 0.893. The fraction of sp³-hybridized carbons (Fsp3) is 0.368. The van der Waals surface area contributed by atoms with Gasteiger partial charge in [-0.2, -0.15) is 0 Å². The lowest BCUT2D eigenvalue weighted by Gasteiger charge is -2.18. The number of pyridine rings is 1. The van der Waals surface area contributed by atoms with Crippen molar-refractivity contribution < 1.29 is 9.53 Å². The Morgan fingerprint density at radius 2 is 2.04 bits per heavy atom. The number of likely N-dealkylation sites (tertiary alicyclic amines) is 1. The molecule has 26 heavy (non-hydrogen) atoms. The van der Waals surface area contributed by atoms with E-state index in [9.17, 15) is 9.59 Å². The van der Waals surface area contributed by atoms with E-state index in [1.165, 1.54) is 6.07 Å². The fourth-order valence-electron chi connectivity index (χ4n) is 2.90. The highest BCUT2D eigenvalue weighted by Gasteiger charge is 2.27. The van der Waals surface area contributed by atoms with Crippen LogP contribution in [0.25, 0.3) is 0 Å². The van der Waals surface area contributed by atoms with E-state index in [-0.39, 0.29) is 17.7 Å². The normalized spacial score (nSPS) is 16.6. The number of halogens is 1. The molecule has 1 saturated heterocycles. The second-order valence-electron chi connectivity index (χ2n) is 6.49. The van der Waals surface area contributed by atoms with Crippen LogP contribution >= 0.6 is 11.6 Å². The number of urea groups is 1. The van der Waals surface area contributed by atoms with Crippen LogP contribution in [0.4, 0.5) is 4.79 Å². The maximum Gasteiger partial charge on any atom is 0.317 e. The summed E-state index contributed by atoms with van der Waals surface area (Å²) in [6, 6.07) is 10.6. The van der Waals surface area contributed by atoms with E-state index in [1.54, 1.807) is 28.6 Å². The zero-order valence-corrected chi connectivity index (χ0v) is 15.6. The lowest BCUT2D eigenvalue weighted by Crippen LogP contribution is -2.39. The van der Waals surface area contributed by atoms with Gasteiger partial charge in [-0.3, -0.25) is 4.79 Å². The molecule has 0 aliphatic carbocycles. The maximum absolute atomic E-state index is 12.3. The molecule has 0 bridgehead atoms. The predicted octanol–water partition coefficient (Wildman–Crippen LogP) is 2.71. The van der Waals surface area contributed by atoms with Gasteiger partial charge in [0.1, 0.15) is 11.9 Å². The number of carbonyl (C=O) groups excluding carboxylic acids is 1. The lowest BCUT2D eigenvalue weighted by molar-refractivity contribution is 0.186. The van der Waals surface area contributed by atoms with Crippen molar-refractivity contribution in [1.29, 1.82) is 0 Å². The minimum absolute atomic E-state index is 0.101. The molecule has 7 heteroatoms. The predicted molar refractivity (Wildman–Crippen MR) is 101 cm³/mol. The van der Waals surface area contributed by atoms with Gasteiger partial charge in [0, 0.05) is 43.3 Å². The van der Waals surface area contributed by atoms with E-state index in [2.05, 4.69) is 5.32 Å². The Kier molecular flexibility index (Phi) is 5.52. The van der Waals surface area contributed by atoms with E-state index in [0.29, 0.717) is 30.4 Å². The van der Waals surface area contributed by atoms with Crippen LogP contribution < -0.4 is 15.6 Å². The third-order valence-electron chi connectivity index (χ3n) is 4.57. The Morgan fingerprint density at radius 1 is 1.31 bits per heavy atom. The smallest absolute Gasteiger partial charge is 0.317 e. The Labute approximate surface area is 157 Å². The molecule has 6 nitrogen and oxygen atoms in total. The van der Waals surface area contributed by atoms with Gasteiger partial charge in [0.15, 0.2) is 0 Å². The largest absolute Gasteiger partial charge is 0.488 e. The number of nitrogens with one attached hydrogen (secondary N) is 1. The van der Waals surface area contributed by atoms with Gasteiger partial charge in [0.05, 0.1) is 6.54 Å². The Balaban J connectivity index is 1.52. The van der Waals surface area contributed by atoms with E-state index in [0.717, 1.165) is 17.7 Å². The minimum Gasteiger partial charge on any atom is -0.488 e. The molecule has 2 heterocycles. The van der Waals surface area contributed by atoms with Gasteiger partial charge in [-0.25, -0.2) is 4.79 Å². The highest BCUT2D eigenvalue weighted by Crippen LogP contribution is 2.18. The van der Waals surface area contributed by atoms with Gasteiger partial charge >= 0.3 is 6.03 Å². The third kappa shape index (κ3) is 4.38. The molecule has 2 aromatic rings. The molecule has 138 valence electrons. The van der Waals surface area contributed by atoms with E-state index >= 15 is 0 Å². The summed E-state index contributed by atoms with van der Waals surface area (Å²) in [4.78, 5) is 25.9. The number of benzene rings is 1. The van der Waals surface area contributed by atoms with E-state index in [4.69, 9.17) is 16.3 Å². The molecule has 3 rings (SSSR count). The second kappa shape index (κ2) is 7.83. The van der Waals surface area contributed by atoms with Crippen LogP contribution in [-0.2, 0) is 13.6 Å². The van der Waals surface area contributed by atoms with Gasteiger partial charge in [0.2, 0.25) is 0 Å². The standard InChI is InChI=1S/C19H22ClN3O3/c1-13-9-17(10-18(24)22(13)2)26-16-7-8-23(12-16)19(25)21-11-14-3-5-15(20)6-4-14/h3-6,9-10,16H,7-8,11-12H2,1-2H3,(H,21,25). The van der Waals surface area contributed by atoms with Crippen molar-refractivity contribution in [2.75, 3.05) is 13.1 Å². The molecule has 1 aliphatic rings. The van der Waals surface area contributed by atoms with Crippen LogP contribution in [0.3, 0.4) is 0 Å². The van der Waals surface area contributed by atoms with Crippen molar-refractivity contribution in [2.24, 2.45) is 7.05 Å². The van der Waals surface area contributed by atoms with Crippen LogP contribution in [0, 0.1) is 6.92 Å². The number of rotatable bonds is 4. The Bertz CT molecular complexity index is 848. The van der Waals surface area contributed by atoms with Gasteiger partial charge in [-0.15, -0.1) is 0 Å². The maximum atomic E-state index is 12.3. The van der Waals surface area contributed by atoms with Gasteiger partial charge in [0.25, 0.3) is 5.56 Å². The second-order valence-corrected chi connectivity index (χ2v) is 6.93. The summed E-state index contributed by atoms with van der Waals surface area (Å²) in [5, 5.41) is 3.58. The Morgan fingerprint density at radius 3 is 2.73 bits per heavy atom. The first-order valence-electron chi connectivity index (χ1n) is 8.54. The highest BCUT2D eigenvalue weighted by molar-refractivity contribution is 6.30. The number of amides is 2. The lowest BCUT2D eigenvalue weighted by atomic mass is 10.2. The number of hydrogen-bond donors (Lipinski definition) is 1. The van der Waals surface area contributed by atoms with Crippen LogP contribution in [0.15, 0.2) is 41.2 Å². The van der Waals surface area contributed by atoms with Crippen molar-refractivity contribution in [2.45, 2.75) is 26.0 Å². The molecule has 0 spiro atoms. The van der Waals surface area contributed by atoms with Crippen LogP contribution in [0.2, 0.25) is 5.02 Å². The molecule has 0 radical (unpaired) electrons. The number of aryl methyl sites for hydroxylation is 1. The summed E-state index contributed by atoms with van der Waals surface area (Å²) in [7, 11) is 1.73. The fourth-order valence-corrected chi connectivity index (χ4v) is 3.02. The molecule has 2 amide bonds. The van der Waals surface area contributed by atoms with Gasteiger partial charge in [-0.05, 0) is 30.7 Å². The summed E-state index contributed by atoms with van der Waals surface area (Å²) in [5.41, 5.74) is 1.73. The number of ether oxygens (including phenoxy) is 1. The Hall–Kier alpha value is -2.47. The summed E-state index contributed by atoms with van der Waals surface area (Å²) >= 11 is 5.86. The third-order valence-corrected chi connectivity index (χ3v) is 4.82. The molecule has 1 N–H and O–H groups in total. The molecule has 1 aromatic carbocycles. The summed E-state index contributed by atoms with van der Waals surface area (Å²) in [5.74, 6) is 0.555. The first-order valence-corrected chi connectivity index (χ1v) is 8.92. The molecule has 0 saturated carbocycles. The molecule has 1 fully saturated rings. The zero-order chi connectivity index (χ0) is 18.7. The van der Waals surface area contributed by atoms with Crippen LogP contribution in [0.5, 0.6) is 5.75 Å². The highest BCUT2D eigenvalue weighted by atomic mass is 35.5. The number of carbonyl (C=O) groups is 1. The molecule has 1 aliphatic heterocycles. The summed E-state index contributed by atoms with van der Waals surface area (Å²) < 4.78 is 7.47. The van der Waals surface area contributed by atoms with Crippen molar-refractivity contribution in [1.82, 2.24) is 14.8 Å². The first-order chi connectivity index (χ1) is 12.4. The van der Waals surface area contributed by atoms with E-state index in [1.807, 2.05) is 25.1 Å². The van der Waals surface area contributed by atoms with Crippen molar-refractivity contribution in [3.05, 3.63) is 63.0 Å². The van der Waals surface area contributed by atoms with Gasteiger partial charge in [-0.1, -0.05) is 23.7 Å². The van der Waals surface area contributed by atoms with Gasteiger partial charge < -0.3 is 19.5 Å². The zero-order valence-electron chi connectivity index (χ0n) is 14.9.